The number of hydrazone groups is 1. The Bertz CT molecular complexity index is 764. The Balaban J connectivity index is 2.22. The van der Waals surface area contributed by atoms with Gasteiger partial charge in [0.1, 0.15) is 23.0 Å². The molecular formula is C17H18N2O5. The zero-order valence-corrected chi connectivity index (χ0v) is 13.5. The fourth-order valence-electron chi connectivity index (χ4n) is 2.01. The number of phenolic OH excluding ortho intramolecular Hbond substituents is 2. The van der Waals surface area contributed by atoms with Crippen LogP contribution in [0.4, 0.5) is 0 Å². The molecule has 1 amide bonds. The van der Waals surface area contributed by atoms with Gasteiger partial charge in [-0.1, -0.05) is 0 Å². The number of nitrogens with zero attached hydrogens (tertiary/aromatic N) is 1. The Morgan fingerprint density at radius 3 is 2.25 bits per heavy atom. The van der Waals surface area contributed by atoms with Gasteiger partial charge in [-0.05, 0) is 37.3 Å². The Kier molecular flexibility index (Phi) is 5.26. The van der Waals surface area contributed by atoms with E-state index >= 15 is 0 Å². The summed E-state index contributed by atoms with van der Waals surface area (Å²) < 4.78 is 10.2. The summed E-state index contributed by atoms with van der Waals surface area (Å²) in [5, 5.41) is 23.2. The van der Waals surface area contributed by atoms with Crippen molar-refractivity contribution in [2.75, 3.05) is 14.2 Å². The lowest BCUT2D eigenvalue weighted by molar-refractivity contribution is 0.0954. The van der Waals surface area contributed by atoms with Crippen LogP contribution >= 0.6 is 0 Å². The Labute approximate surface area is 139 Å². The van der Waals surface area contributed by atoms with Gasteiger partial charge in [0.25, 0.3) is 5.91 Å². The minimum absolute atomic E-state index is 0.0128. The molecule has 0 aliphatic heterocycles. The van der Waals surface area contributed by atoms with Crippen LogP contribution in [0.15, 0.2) is 41.5 Å². The highest BCUT2D eigenvalue weighted by atomic mass is 16.5. The van der Waals surface area contributed by atoms with Crippen LogP contribution in [-0.2, 0) is 0 Å². The van der Waals surface area contributed by atoms with Crippen LogP contribution in [0.25, 0.3) is 0 Å². The Morgan fingerprint density at radius 1 is 1.04 bits per heavy atom. The first-order valence-electron chi connectivity index (χ1n) is 7.04. The average molecular weight is 330 g/mol. The molecule has 0 bridgehead atoms. The van der Waals surface area contributed by atoms with Crippen molar-refractivity contribution in [1.29, 1.82) is 0 Å². The van der Waals surface area contributed by atoms with Gasteiger partial charge in [-0.2, -0.15) is 5.10 Å². The molecule has 2 rings (SSSR count). The number of benzene rings is 2. The third-order valence-electron chi connectivity index (χ3n) is 3.31. The number of hydrogen-bond donors (Lipinski definition) is 3. The Morgan fingerprint density at radius 2 is 1.67 bits per heavy atom. The number of rotatable bonds is 5. The van der Waals surface area contributed by atoms with E-state index in [0.717, 1.165) is 0 Å². The molecule has 24 heavy (non-hydrogen) atoms. The molecule has 0 aliphatic carbocycles. The normalized spacial score (nSPS) is 11.0. The highest BCUT2D eigenvalue weighted by Gasteiger charge is 2.11. The van der Waals surface area contributed by atoms with E-state index in [1.165, 1.54) is 32.4 Å². The molecular weight excluding hydrogens is 312 g/mol. The Hall–Kier alpha value is -3.22. The standard InChI is InChI=1S/C17H18N2O5/c1-10(15-8-12(20)4-5-16(15)21)18-19-17(22)11-6-13(23-2)9-14(7-11)24-3/h4-9,20-21H,1-3H3,(H,19,22)/b18-10-. The second-order valence-electron chi connectivity index (χ2n) is 4.94. The van der Waals surface area contributed by atoms with Gasteiger partial charge in [0.2, 0.25) is 0 Å². The number of phenols is 2. The van der Waals surface area contributed by atoms with E-state index in [4.69, 9.17) is 9.47 Å². The van der Waals surface area contributed by atoms with Crippen LogP contribution in [0.2, 0.25) is 0 Å². The molecule has 0 aromatic heterocycles. The van der Waals surface area contributed by atoms with Crippen molar-refractivity contribution in [3.63, 3.8) is 0 Å². The lowest BCUT2D eigenvalue weighted by atomic mass is 10.1. The quantitative estimate of drug-likeness (QED) is 0.443. The zero-order valence-electron chi connectivity index (χ0n) is 13.5. The van der Waals surface area contributed by atoms with Gasteiger partial charge in [-0.15, -0.1) is 0 Å². The highest BCUT2D eigenvalue weighted by Crippen LogP contribution is 2.23. The molecule has 0 fully saturated rings. The molecule has 0 atom stereocenters. The van der Waals surface area contributed by atoms with Gasteiger partial charge >= 0.3 is 0 Å². The molecule has 126 valence electrons. The monoisotopic (exact) mass is 330 g/mol. The molecule has 7 heteroatoms. The van der Waals surface area contributed by atoms with Gasteiger partial charge in [-0.25, -0.2) is 5.43 Å². The van der Waals surface area contributed by atoms with Crippen molar-refractivity contribution in [2.45, 2.75) is 6.92 Å². The van der Waals surface area contributed by atoms with Gasteiger partial charge in [0, 0.05) is 17.2 Å². The number of nitrogens with one attached hydrogen (secondary N) is 1. The topological polar surface area (TPSA) is 100 Å². The number of carbonyl (C=O) groups is 1. The van der Waals surface area contributed by atoms with Crippen molar-refractivity contribution in [1.82, 2.24) is 5.43 Å². The van der Waals surface area contributed by atoms with Crippen LogP contribution < -0.4 is 14.9 Å². The molecule has 2 aromatic carbocycles. The average Bonchev–Trinajstić information content (AvgIpc) is 2.60. The van der Waals surface area contributed by atoms with Crippen LogP contribution in [0.3, 0.4) is 0 Å². The molecule has 7 nitrogen and oxygen atoms in total. The molecule has 0 aliphatic rings. The largest absolute Gasteiger partial charge is 0.508 e. The third-order valence-corrected chi connectivity index (χ3v) is 3.31. The molecule has 0 saturated heterocycles. The van der Waals surface area contributed by atoms with Crippen LogP contribution in [0, 0.1) is 0 Å². The summed E-state index contributed by atoms with van der Waals surface area (Å²) in [4.78, 5) is 12.2. The number of aromatic hydroxyl groups is 2. The van der Waals surface area contributed by atoms with Crippen LogP contribution in [-0.4, -0.2) is 36.1 Å². The minimum Gasteiger partial charge on any atom is -0.508 e. The number of hydrogen-bond acceptors (Lipinski definition) is 6. The number of amides is 1. The predicted octanol–water partition coefficient (Wildman–Crippen LogP) is 2.27. The first-order valence-corrected chi connectivity index (χ1v) is 7.04. The maximum absolute atomic E-state index is 12.2. The van der Waals surface area contributed by atoms with E-state index in [-0.39, 0.29) is 11.5 Å². The summed E-state index contributed by atoms with van der Waals surface area (Å²) >= 11 is 0. The molecule has 0 unspecified atom stereocenters. The third kappa shape index (κ3) is 3.95. The molecule has 0 spiro atoms. The smallest absolute Gasteiger partial charge is 0.271 e. The predicted molar refractivity (Wildman–Crippen MR) is 89.0 cm³/mol. The first kappa shape index (κ1) is 17.1. The van der Waals surface area contributed by atoms with Gasteiger partial charge < -0.3 is 19.7 Å². The fourth-order valence-corrected chi connectivity index (χ4v) is 2.01. The molecule has 0 radical (unpaired) electrons. The lowest BCUT2D eigenvalue weighted by Crippen LogP contribution is -2.19. The maximum atomic E-state index is 12.2. The SMILES string of the molecule is COc1cc(OC)cc(C(=O)N/N=C(/C)c2cc(O)ccc2O)c1. The van der Waals surface area contributed by atoms with Crippen molar-refractivity contribution in [2.24, 2.45) is 5.10 Å². The van der Waals surface area contributed by atoms with E-state index in [1.807, 2.05) is 0 Å². The van der Waals surface area contributed by atoms with Crippen molar-refractivity contribution in [3.05, 3.63) is 47.5 Å². The van der Waals surface area contributed by atoms with E-state index in [1.54, 1.807) is 25.1 Å². The molecule has 3 N–H and O–H groups in total. The van der Waals surface area contributed by atoms with E-state index in [9.17, 15) is 15.0 Å². The summed E-state index contributed by atoms with van der Waals surface area (Å²) in [6, 6.07) is 8.81. The molecule has 2 aromatic rings. The van der Waals surface area contributed by atoms with E-state index < -0.39 is 5.91 Å². The van der Waals surface area contributed by atoms with Crippen molar-refractivity contribution in [3.8, 4) is 23.0 Å². The van der Waals surface area contributed by atoms with Crippen molar-refractivity contribution < 1.29 is 24.5 Å². The molecule has 0 saturated carbocycles. The minimum atomic E-state index is -0.466. The lowest BCUT2D eigenvalue weighted by Gasteiger charge is -2.08. The summed E-state index contributed by atoms with van der Waals surface area (Å²) in [7, 11) is 2.98. The maximum Gasteiger partial charge on any atom is 0.271 e. The highest BCUT2D eigenvalue weighted by molar-refractivity contribution is 6.03. The second kappa shape index (κ2) is 7.36. The number of methoxy groups -OCH3 is 2. The summed E-state index contributed by atoms with van der Waals surface area (Å²) in [5.41, 5.74) is 3.36. The molecule has 0 heterocycles. The number of carbonyl (C=O) groups excluding carboxylic acids is 1. The first-order chi connectivity index (χ1) is 11.4. The van der Waals surface area contributed by atoms with Gasteiger partial charge in [-0.3, -0.25) is 4.79 Å². The fraction of sp³-hybridized carbons (Fsp3) is 0.176. The van der Waals surface area contributed by atoms with Gasteiger partial charge in [0.05, 0.1) is 19.9 Å². The van der Waals surface area contributed by atoms with Crippen LogP contribution in [0.1, 0.15) is 22.8 Å². The van der Waals surface area contributed by atoms with E-state index in [2.05, 4.69) is 10.5 Å². The van der Waals surface area contributed by atoms with Crippen molar-refractivity contribution >= 4 is 11.6 Å². The number of ether oxygens (including phenoxy) is 2. The summed E-state index contributed by atoms with van der Waals surface area (Å²) in [6.45, 7) is 1.60. The summed E-state index contributed by atoms with van der Waals surface area (Å²) in [6.07, 6.45) is 0. The second-order valence-corrected chi connectivity index (χ2v) is 4.94. The summed E-state index contributed by atoms with van der Waals surface area (Å²) in [5.74, 6) is 0.426. The van der Waals surface area contributed by atoms with Crippen LogP contribution in [0.5, 0.6) is 23.0 Å². The zero-order chi connectivity index (χ0) is 17.7. The van der Waals surface area contributed by atoms with Gasteiger partial charge in [0.15, 0.2) is 0 Å². The van der Waals surface area contributed by atoms with E-state index in [0.29, 0.717) is 28.3 Å².